The Hall–Kier alpha value is -2.86. The average molecular weight is 394 g/mol. The van der Waals surface area contributed by atoms with E-state index in [1.807, 2.05) is 35.2 Å². The number of ether oxygens (including phenoxy) is 1. The summed E-state index contributed by atoms with van der Waals surface area (Å²) in [5, 5.41) is 5.12. The van der Waals surface area contributed by atoms with Gasteiger partial charge in [-0.2, -0.15) is 0 Å². The van der Waals surface area contributed by atoms with Gasteiger partial charge in [-0.3, -0.25) is 9.59 Å². The average Bonchev–Trinajstić information content (AvgIpc) is 2.78. The van der Waals surface area contributed by atoms with Crippen molar-refractivity contribution in [2.24, 2.45) is 5.92 Å². The molecule has 2 aromatic carbocycles. The van der Waals surface area contributed by atoms with Crippen LogP contribution >= 0.6 is 0 Å². The number of carbonyl (C=O) groups is 2. The Morgan fingerprint density at radius 2 is 1.83 bits per heavy atom. The Kier molecular flexibility index (Phi) is 5.81. The highest BCUT2D eigenvalue weighted by Crippen LogP contribution is 2.23. The number of nitrogens with zero attached hydrogens (tertiary/aromatic N) is 1. The number of fused-ring (bicyclic) bond motifs is 1. The zero-order chi connectivity index (χ0) is 20.2. The molecule has 0 radical (unpaired) electrons. The predicted octanol–water partition coefficient (Wildman–Crippen LogP) is 1.56. The first kappa shape index (κ1) is 19.5. The smallest absolute Gasteiger partial charge is 0.281 e. The fraction of sp³-hybridized carbons (Fsp3) is 0.391. The molecule has 2 heterocycles. The molecule has 0 bridgehead atoms. The topological polar surface area (TPSA) is 75.2 Å². The molecule has 6 heteroatoms. The van der Waals surface area contributed by atoms with Crippen LogP contribution in [0, 0.1) is 5.92 Å². The third-order valence-electron chi connectivity index (χ3n) is 6.01. The number of benzene rings is 2. The first-order chi connectivity index (χ1) is 14.1. The number of carbonyl (C=O) groups excluding carboxylic acids is 2. The van der Waals surface area contributed by atoms with E-state index in [2.05, 4.69) is 28.8 Å². The molecular formula is C23H28N3O3+. The van der Waals surface area contributed by atoms with Crippen molar-refractivity contribution < 1.29 is 19.6 Å². The Morgan fingerprint density at radius 3 is 2.59 bits per heavy atom. The molecule has 0 saturated carbocycles. The van der Waals surface area contributed by atoms with Crippen LogP contribution in [0.5, 0.6) is 5.75 Å². The van der Waals surface area contributed by atoms with Crippen LogP contribution in [0.15, 0.2) is 48.5 Å². The second-order valence-corrected chi connectivity index (χ2v) is 7.84. The van der Waals surface area contributed by atoms with Crippen molar-refractivity contribution in [2.75, 3.05) is 25.5 Å². The van der Waals surface area contributed by atoms with Gasteiger partial charge in [0.05, 0.1) is 7.11 Å². The van der Waals surface area contributed by atoms with Gasteiger partial charge in [-0.1, -0.05) is 30.3 Å². The third-order valence-corrected chi connectivity index (χ3v) is 6.01. The fourth-order valence-electron chi connectivity index (χ4n) is 4.28. The van der Waals surface area contributed by atoms with E-state index in [1.165, 1.54) is 11.1 Å². The summed E-state index contributed by atoms with van der Waals surface area (Å²) in [7, 11) is 1.61. The van der Waals surface area contributed by atoms with E-state index < -0.39 is 0 Å². The Morgan fingerprint density at radius 1 is 1.07 bits per heavy atom. The lowest BCUT2D eigenvalue weighted by atomic mass is 9.92. The largest absolute Gasteiger partial charge is 0.497 e. The van der Waals surface area contributed by atoms with Gasteiger partial charge in [0.25, 0.3) is 5.91 Å². The normalized spacial score (nSPS) is 19.3. The van der Waals surface area contributed by atoms with Crippen molar-refractivity contribution in [2.45, 2.75) is 31.8 Å². The van der Waals surface area contributed by atoms with Gasteiger partial charge in [-0.15, -0.1) is 0 Å². The van der Waals surface area contributed by atoms with Crippen molar-refractivity contribution in [3.8, 4) is 5.75 Å². The lowest BCUT2D eigenvalue weighted by Gasteiger charge is -2.34. The lowest BCUT2D eigenvalue weighted by Crippen LogP contribution is -2.93. The molecule has 4 rings (SSSR count). The standard InChI is InChI=1S/C23H27N3O3/c1-29-20-8-4-7-19(14-20)25-22(27)16-9-11-26(12-10-16)23(28)21-13-17-5-2-3-6-18(17)15-24-21/h2-8,14,16,21,24H,9-13,15H2,1H3,(H,25,27)/p+1/t21-/m0/s1. The molecule has 2 aliphatic rings. The van der Waals surface area contributed by atoms with Gasteiger partial charge in [0.15, 0.2) is 6.04 Å². The van der Waals surface area contributed by atoms with Crippen molar-refractivity contribution in [3.63, 3.8) is 0 Å². The lowest BCUT2D eigenvalue weighted by molar-refractivity contribution is -0.695. The van der Waals surface area contributed by atoms with Crippen LogP contribution in [0.3, 0.4) is 0 Å². The number of nitrogens with one attached hydrogen (secondary N) is 1. The van der Waals surface area contributed by atoms with Crippen molar-refractivity contribution in [3.05, 3.63) is 59.7 Å². The highest BCUT2D eigenvalue weighted by atomic mass is 16.5. The molecule has 3 N–H and O–H groups in total. The summed E-state index contributed by atoms with van der Waals surface area (Å²) < 4.78 is 5.20. The second kappa shape index (κ2) is 8.66. The number of piperidine rings is 1. The van der Waals surface area contributed by atoms with E-state index in [0.717, 1.165) is 18.7 Å². The summed E-state index contributed by atoms with van der Waals surface area (Å²) >= 11 is 0. The molecular weight excluding hydrogens is 366 g/mol. The molecule has 2 aliphatic heterocycles. The number of amides is 2. The maximum Gasteiger partial charge on any atom is 0.281 e. The van der Waals surface area contributed by atoms with Crippen LogP contribution in [0.2, 0.25) is 0 Å². The van der Waals surface area contributed by atoms with Crippen LogP contribution in [0.25, 0.3) is 0 Å². The second-order valence-electron chi connectivity index (χ2n) is 7.84. The quantitative estimate of drug-likeness (QED) is 0.826. The summed E-state index contributed by atoms with van der Waals surface area (Å²) in [6.45, 7) is 2.13. The number of hydrogen-bond donors (Lipinski definition) is 2. The Labute approximate surface area is 171 Å². The molecule has 0 spiro atoms. The first-order valence-corrected chi connectivity index (χ1v) is 10.3. The SMILES string of the molecule is COc1cccc(NC(=O)C2CCN(C(=O)[C@@H]3Cc4ccccc4C[NH2+]3)CC2)c1. The molecule has 0 aromatic heterocycles. The van der Waals surface area contributed by atoms with E-state index in [4.69, 9.17) is 4.74 Å². The van der Waals surface area contributed by atoms with Crippen LogP contribution in [0.1, 0.15) is 24.0 Å². The molecule has 6 nitrogen and oxygen atoms in total. The minimum absolute atomic E-state index is 0.0171. The highest BCUT2D eigenvalue weighted by molar-refractivity contribution is 5.93. The van der Waals surface area contributed by atoms with Gasteiger partial charge in [0.2, 0.25) is 5.91 Å². The number of quaternary nitrogens is 1. The monoisotopic (exact) mass is 394 g/mol. The summed E-state index contributed by atoms with van der Waals surface area (Å²) in [5.74, 6) is 0.865. The maximum absolute atomic E-state index is 13.0. The van der Waals surface area contributed by atoms with Gasteiger partial charge in [0, 0.05) is 42.7 Å². The van der Waals surface area contributed by atoms with Crippen LogP contribution in [-0.4, -0.2) is 43.0 Å². The highest BCUT2D eigenvalue weighted by Gasteiger charge is 2.34. The van der Waals surface area contributed by atoms with Gasteiger partial charge in [0.1, 0.15) is 12.3 Å². The van der Waals surface area contributed by atoms with Crippen LogP contribution < -0.4 is 15.4 Å². The minimum atomic E-state index is -0.0682. The van der Waals surface area contributed by atoms with Gasteiger partial charge < -0.3 is 20.3 Å². The zero-order valence-corrected chi connectivity index (χ0v) is 16.8. The van der Waals surface area contributed by atoms with E-state index >= 15 is 0 Å². The molecule has 2 aromatic rings. The van der Waals surface area contributed by atoms with Gasteiger partial charge in [-0.05, 0) is 30.5 Å². The van der Waals surface area contributed by atoms with Crippen molar-refractivity contribution >= 4 is 17.5 Å². The van der Waals surface area contributed by atoms with Crippen LogP contribution in [-0.2, 0) is 22.6 Å². The van der Waals surface area contributed by atoms with Crippen molar-refractivity contribution in [1.82, 2.24) is 4.90 Å². The summed E-state index contributed by atoms with van der Waals surface area (Å²) in [5.41, 5.74) is 3.34. The zero-order valence-electron chi connectivity index (χ0n) is 16.8. The molecule has 2 amide bonds. The number of methoxy groups -OCH3 is 1. The van der Waals surface area contributed by atoms with Gasteiger partial charge in [-0.25, -0.2) is 0 Å². The fourth-order valence-corrected chi connectivity index (χ4v) is 4.28. The number of rotatable bonds is 4. The summed E-state index contributed by atoms with van der Waals surface area (Å²) in [6, 6.07) is 15.7. The Bertz CT molecular complexity index is 890. The molecule has 1 saturated heterocycles. The number of anilines is 1. The minimum Gasteiger partial charge on any atom is -0.497 e. The Balaban J connectivity index is 1.30. The molecule has 0 unspecified atom stereocenters. The molecule has 1 fully saturated rings. The molecule has 152 valence electrons. The first-order valence-electron chi connectivity index (χ1n) is 10.3. The number of likely N-dealkylation sites (tertiary alicyclic amines) is 1. The number of nitrogens with two attached hydrogens (primary N) is 1. The number of hydrogen-bond acceptors (Lipinski definition) is 3. The summed E-state index contributed by atoms with van der Waals surface area (Å²) in [6.07, 6.45) is 2.18. The molecule has 29 heavy (non-hydrogen) atoms. The van der Waals surface area contributed by atoms with Crippen molar-refractivity contribution in [1.29, 1.82) is 0 Å². The maximum atomic E-state index is 13.0. The van der Waals surface area contributed by atoms with E-state index in [0.29, 0.717) is 31.7 Å². The predicted molar refractivity (Wildman–Crippen MR) is 110 cm³/mol. The molecule has 0 aliphatic carbocycles. The third kappa shape index (κ3) is 4.43. The van der Waals surface area contributed by atoms with E-state index in [1.54, 1.807) is 7.11 Å². The van der Waals surface area contributed by atoms with E-state index in [-0.39, 0.29) is 23.8 Å². The van der Waals surface area contributed by atoms with Gasteiger partial charge >= 0.3 is 0 Å². The van der Waals surface area contributed by atoms with E-state index in [9.17, 15) is 9.59 Å². The molecule has 1 atom stereocenters. The van der Waals surface area contributed by atoms with Crippen LogP contribution in [0.4, 0.5) is 5.69 Å². The summed E-state index contributed by atoms with van der Waals surface area (Å²) in [4.78, 5) is 27.5.